The van der Waals surface area contributed by atoms with Crippen LogP contribution in [0.25, 0.3) is 5.65 Å². The molecule has 2 N–H and O–H groups in total. The van der Waals surface area contributed by atoms with E-state index < -0.39 is 0 Å². The Labute approximate surface area is 139 Å². The second-order valence-electron chi connectivity index (χ2n) is 5.98. The van der Waals surface area contributed by atoms with E-state index in [-0.39, 0.29) is 24.1 Å². The van der Waals surface area contributed by atoms with Gasteiger partial charge in [-0.25, -0.2) is 4.98 Å². The van der Waals surface area contributed by atoms with Gasteiger partial charge in [-0.05, 0) is 19.2 Å². The van der Waals surface area contributed by atoms with E-state index in [9.17, 15) is 9.59 Å². The van der Waals surface area contributed by atoms with Crippen molar-refractivity contribution in [3.05, 3.63) is 40.8 Å². The van der Waals surface area contributed by atoms with Gasteiger partial charge in [0.05, 0.1) is 19.3 Å². The number of nitrogens with two attached hydrogens (primary N) is 1. The third kappa shape index (κ3) is 3.72. The molecule has 0 radical (unpaired) electrons. The third-order valence-electron chi connectivity index (χ3n) is 3.96. The van der Waals surface area contributed by atoms with Crippen LogP contribution in [0.3, 0.4) is 0 Å². The van der Waals surface area contributed by atoms with E-state index >= 15 is 0 Å². The van der Waals surface area contributed by atoms with Crippen molar-refractivity contribution in [2.45, 2.75) is 6.10 Å². The summed E-state index contributed by atoms with van der Waals surface area (Å²) in [5.41, 5.74) is 5.72. The summed E-state index contributed by atoms with van der Waals surface area (Å²) in [5.74, 6) is 0.284. The van der Waals surface area contributed by atoms with Gasteiger partial charge >= 0.3 is 0 Å². The van der Waals surface area contributed by atoms with Crippen LogP contribution in [-0.2, 0) is 9.53 Å². The smallest absolute Gasteiger partial charge is 0.259 e. The number of nitrogens with zero attached hydrogens (tertiary/aromatic N) is 4. The summed E-state index contributed by atoms with van der Waals surface area (Å²) in [4.78, 5) is 31.7. The van der Waals surface area contributed by atoms with E-state index in [0.29, 0.717) is 37.7 Å². The lowest BCUT2D eigenvalue weighted by molar-refractivity contribution is -0.119. The fourth-order valence-electron chi connectivity index (χ4n) is 2.92. The number of likely N-dealkylation sites (N-methyl/N-ethyl adjacent to an activating group) is 1. The number of primary amides is 1. The van der Waals surface area contributed by atoms with Crippen molar-refractivity contribution >= 4 is 17.4 Å². The predicted octanol–water partition coefficient (Wildman–Crippen LogP) is -0.683. The molecule has 2 aromatic rings. The number of fused-ring (bicyclic) bond motifs is 1. The van der Waals surface area contributed by atoms with E-state index in [1.807, 2.05) is 29.0 Å². The summed E-state index contributed by atoms with van der Waals surface area (Å²) < 4.78 is 7.27. The minimum Gasteiger partial charge on any atom is -0.373 e. The Morgan fingerprint density at radius 1 is 1.50 bits per heavy atom. The second kappa shape index (κ2) is 6.98. The summed E-state index contributed by atoms with van der Waals surface area (Å²) in [6.07, 6.45) is 1.63. The highest BCUT2D eigenvalue weighted by molar-refractivity contribution is 5.75. The monoisotopic (exact) mass is 331 g/mol. The fraction of sp³-hybridized carbons (Fsp3) is 0.438. The molecule has 1 amide bonds. The van der Waals surface area contributed by atoms with Gasteiger partial charge in [0.1, 0.15) is 11.5 Å². The van der Waals surface area contributed by atoms with Gasteiger partial charge in [0.15, 0.2) is 0 Å². The molecule has 1 aliphatic rings. The van der Waals surface area contributed by atoms with Crippen LogP contribution < -0.4 is 16.2 Å². The maximum Gasteiger partial charge on any atom is 0.259 e. The van der Waals surface area contributed by atoms with Gasteiger partial charge in [-0.2, -0.15) is 0 Å². The molecule has 2 aromatic heterocycles. The Kier molecular flexibility index (Phi) is 4.77. The van der Waals surface area contributed by atoms with Crippen LogP contribution >= 0.6 is 0 Å². The van der Waals surface area contributed by atoms with Crippen LogP contribution in [-0.4, -0.2) is 66.1 Å². The Hall–Kier alpha value is -2.45. The number of aromatic nitrogens is 2. The van der Waals surface area contributed by atoms with Gasteiger partial charge < -0.3 is 15.4 Å². The molecule has 0 saturated carbocycles. The first-order chi connectivity index (χ1) is 11.5. The highest BCUT2D eigenvalue weighted by Gasteiger charge is 2.23. The zero-order chi connectivity index (χ0) is 17.1. The van der Waals surface area contributed by atoms with Gasteiger partial charge in [-0.1, -0.05) is 6.07 Å². The SMILES string of the molecule is CN(CC(N)=O)CC1CN(c2cc(=O)n3ccccc3n2)CCO1. The minimum atomic E-state index is -0.366. The topological polar surface area (TPSA) is 93.2 Å². The van der Waals surface area contributed by atoms with Crippen molar-refractivity contribution in [3.63, 3.8) is 0 Å². The largest absolute Gasteiger partial charge is 0.373 e. The maximum absolute atomic E-state index is 12.2. The average Bonchev–Trinajstić information content (AvgIpc) is 2.54. The normalized spacial score (nSPS) is 18.2. The Balaban J connectivity index is 1.75. The van der Waals surface area contributed by atoms with Crippen molar-refractivity contribution < 1.29 is 9.53 Å². The maximum atomic E-state index is 12.2. The first kappa shape index (κ1) is 16.4. The van der Waals surface area contributed by atoms with Gasteiger partial charge in [0, 0.05) is 31.9 Å². The van der Waals surface area contributed by atoms with Crippen LogP contribution in [0.4, 0.5) is 5.82 Å². The van der Waals surface area contributed by atoms with Crippen LogP contribution in [0.2, 0.25) is 0 Å². The van der Waals surface area contributed by atoms with Crippen molar-refractivity contribution in [2.24, 2.45) is 5.73 Å². The van der Waals surface area contributed by atoms with Gasteiger partial charge in [-0.3, -0.25) is 18.9 Å². The number of amides is 1. The van der Waals surface area contributed by atoms with Crippen molar-refractivity contribution in [1.82, 2.24) is 14.3 Å². The van der Waals surface area contributed by atoms with Gasteiger partial charge in [0.2, 0.25) is 5.91 Å². The zero-order valence-electron chi connectivity index (χ0n) is 13.6. The first-order valence-electron chi connectivity index (χ1n) is 7.85. The van der Waals surface area contributed by atoms with E-state index in [1.165, 1.54) is 4.40 Å². The molecule has 1 fully saturated rings. The number of pyridine rings is 1. The molecule has 1 aliphatic heterocycles. The molecule has 1 saturated heterocycles. The lowest BCUT2D eigenvalue weighted by Crippen LogP contribution is -2.48. The highest BCUT2D eigenvalue weighted by atomic mass is 16.5. The van der Waals surface area contributed by atoms with Crippen LogP contribution in [0, 0.1) is 0 Å². The van der Waals surface area contributed by atoms with E-state index in [0.717, 1.165) is 0 Å². The van der Waals surface area contributed by atoms with Crippen molar-refractivity contribution in [1.29, 1.82) is 0 Å². The van der Waals surface area contributed by atoms with E-state index in [1.54, 1.807) is 18.3 Å². The van der Waals surface area contributed by atoms with Gasteiger partial charge in [-0.15, -0.1) is 0 Å². The Bertz CT molecular complexity index is 791. The quantitative estimate of drug-likeness (QED) is 0.780. The van der Waals surface area contributed by atoms with Crippen molar-refractivity contribution in [2.75, 3.05) is 44.7 Å². The highest BCUT2D eigenvalue weighted by Crippen LogP contribution is 2.15. The van der Waals surface area contributed by atoms with Crippen molar-refractivity contribution in [3.8, 4) is 0 Å². The standard InChI is InChI=1S/C16H21N5O3/c1-19(11-13(17)22)9-12-10-20(6-7-24-12)15-8-16(23)21-5-3-2-4-14(21)18-15/h2-5,8,12H,6-7,9-11H2,1H3,(H2,17,22). The molecule has 1 atom stereocenters. The molecule has 1 unspecified atom stereocenters. The lowest BCUT2D eigenvalue weighted by atomic mass is 10.2. The number of rotatable bonds is 5. The number of hydrogen-bond acceptors (Lipinski definition) is 6. The number of anilines is 1. The molecular formula is C16H21N5O3. The number of carbonyl (C=O) groups is 1. The van der Waals surface area contributed by atoms with Crippen LogP contribution in [0.15, 0.2) is 35.3 Å². The lowest BCUT2D eigenvalue weighted by Gasteiger charge is -2.35. The molecule has 24 heavy (non-hydrogen) atoms. The number of carbonyl (C=O) groups excluding carboxylic acids is 1. The first-order valence-corrected chi connectivity index (χ1v) is 7.85. The number of hydrogen-bond donors (Lipinski definition) is 1. The average molecular weight is 331 g/mol. The summed E-state index contributed by atoms with van der Waals surface area (Å²) in [6, 6.07) is 7.01. The Morgan fingerprint density at radius 2 is 2.33 bits per heavy atom. The molecule has 0 aliphatic carbocycles. The zero-order valence-corrected chi connectivity index (χ0v) is 13.6. The molecule has 8 heteroatoms. The summed E-state index contributed by atoms with van der Waals surface area (Å²) in [7, 11) is 1.83. The number of ether oxygens (including phenoxy) is 1. The molecule has 3 rings (SSSR count). The van der Waals surface area contributed by atoms with Crippen LogP contribution in [0.5, 0.6) is 0 Å². The molecule has 3 heterocycles. The molecule has 128 valence electrons. The molecule has 0 spiro atoms. The fourth-order valence-corrected chi connectivity index (χ4v) is 2.92. The molecule has 8 nitrogen and oxygen atoms in total. The molecule has 0 aromatic carbocycles. The number of morpholine rings is 1. The van der Waals surface area contributed by atoms with E-state index in [4.69, 9.17) is 10.5 Å². The minimum absolute atomic E-state index is 0.0703. The Morgan fingerprint density at radius 3 is 3.12 bits per heavy atom. The molecule has 0 bridgehead atoms. The van der Waals surface area contributed by atoms with Gasteiger partial charge in [0.25, 0.3) is 5.56 Å². The predicted molar refractivity (Wildman–Crippen MR) is 90.1 cm³/mol. The van der Waals surface area contributed by atoms with Crippen LogP contribution in [0.1, 0.15) is 0 Å². The molecular weight excluding hydrogens is 310 g/mol. The van der Waals surface area contributed by atoms with E-state index in [2.05, 4.69) is 4.98 Å². The third-order valence-corrected chi connectivity index (χ3v) is 3.96. The summed E-state index contributed by atoms with van der Waals surface area (Å²) >= 11 is 0. The summed E-state index contributed by atoms with van der Waals surface area (Å²) in [5, 5.41) is 0. The second-order valence-corrected chi connectivity index (χ2v) is 5.98. The summed E-state index contributed by atoms with van der Waals surface area (Å²) in [6.45, 7) is 2.61.